The van der Waals surface area contributed by atoms with Crippen LogP contribution in [0.25, 0.3) is 0 Å². The van der Waals surface area contributed by atoms with E-state index in [4.69, 9.17) is 0 Å². The smallest absolute Gasteiger partial charge is 0.0954 e. The Bertz CT molecular complexity index is 468. The number of rotatable bonds is 3. The molecule has 0 aliphatic heterocycles. The topological polar surface area (TPSA) is 46.0 Å². The second kappa shape index (κ2) is 4.72. The summed E-state index contributed by atoms with van der Waals surface area (Å²) in [5.41, 5.74) is 3.67. The zero-order valence-electron chi connectivity index (χ0n) is 9.34. The van der Waals surface area contributed by atoms with Gasteiger partial charge in [0.15, 0.2) is 0 Å². The van der Waals surface area contributed by atoms with E-state index in [1.807, 2.05) is 0 Å². The van der Waals surface area contributed by atoms with Crippen molar-refractivity contribution < 1.29 is 5.11 Å². The summed E-state index contributed by atoms with van der Waals surface area (Å²) in [5.74, 6) is 0. The molecule has 1 aromatic carbocycles. The largest absolute Gasteiger partial charge is 0.387 e. The number of hydrogen-bond donors (Lipinski definition) is 1. The lowest BCUT2D eigenvalue weighted by Gasteiger charge is -2.09. The monoisotopic (exact) mass is 234 g/mol. The molecule has 0 spiro atoms. The van der Waals surface area contributed by atoms with Crippen LogP contribution in [0.4, 0.5) is 0 Å². The Morgan fingerprint density at radius 1 is 1.31 bits per heavy atom. The molecule has 1 N–H and O–H groups in total. The van der Waals surface area contributed by atoms with Gasteiger partial charge in [-0.05, 0) is 42.1 Å². The van der Waals surface area contributed by atoms with Crippen molar-refractivity contribution in [1.82, 2.24) is 9.59 Å². The van der Waals surface area contributed by atoms with Crippen molar-refractivity contribution >= 4 is 11.5 Å². The van der Waals surface area contributed by atoms with Crippen molar-refractivity contribution in [1.29, 1.82) is 0 Å². The molecular formula is C12H14N2OS. The highest BCUT2D eigenvalue weighted by Crippen LogP contribution is 2.21. The van der Waals surface area contributed by atoms with Gasteiger partial charge in [-0.3, -0.25) is 0 Å². The molecule has 1 aromatic heterocycles. The first-order valence-corrected chi connectivity index (χ1v) is 5.95. The Morgan fingerprint density at radius 2 is 2.12 bits per heavy atom. The van der Waals surface area contributed by atoms with E-state index in [0.29, 0.717) is 6.42 Å². The molecule has 1 unspecified atom stereocenters. The maximum atomic E-state index is 9.95. The summed E-state index contributed by atoms with van der Waals surface area (Å²) >= 11 is 1.25. The lowest BCUT2D eigenvalue weighted by molar-refractivity contribution is 0.182. The normalized spacial score (nSPS) is 12.7. The van der Waals surface area contributed by atoms with E-state index in [-0.39, 0.29) is 0 Å². The van der Waals surface area contributed by atoms with Crippen molar-refractivity contribution in [2.45, 2.75) is 26.4 Å². The minimum atomic E-state index is -0.498. The second-order valence-electron chi connectivity index (χ2n) is 3.96. The molecule has 0 bridgehead atoms. The van der Waals surface area contributed by atoms with Gasteiger partial charge in [0.05, 0.1) is 17.2 Å². The van der Waals surface area contributed by atoms with Gasteiger partial charge in [-0.25, -0.2) is 0 Å². The summed E-state index contributed by atoms with van der Waals surface area (Å²) in [6.45, 7) is 4.17. The fourth-order valence-corrected chi connectivity index (χ4v) is 2.06. The van der Waals surface area contributed by atoms with Crippen molar-refractivity contribution in [3.63, 3.8) is 0 Å². The molecule has 84 valence electrons. The number of hydrogen-bond acceptors (Lipinski definition) is 4. The summed E-state index contributed by atoms with van der Waals surface area (Å²) in [6.07, 6.45) is 1.74. The van der Waals surface area contributed by atoms with Crippen molar-refractivity contribution in [3.05, 3.63) is 46.0 Å². The number of aliphatic hydroxyl groups is 1. The maximum absolute atomic E-state index is 9.95. The van der Waals surface area contributed by atoms with Crippen LogP contribution >= 0.6 is 11.5 Å². The minimum absolute atomic E-state index is 0.498. The summed E-state index contributed by atoms with van der Waals surface area (Å²) in [4.78, 5) is 0.818. The Labute approximate surface area is 98.9 Å². The van der Waals surface area contributed by atoms with E-state index >= 15 is 0 Å². The van der Waals surface area contributed by atoms with E-state index in [1.165, 1.54) is 22.7 Å². The SMILES string of the molecule is Cc1ccc(CC(O)c2cnns2)cc1C. The molecule has 1 heterocycles. The van der Waals surface area contributed by atoms with Gasteiger partial charge in [0.25, 0.3) is 0 Å². The average Bonchev–Trinajstić information content (AvgIpc) is 2.77. The zero-order chi connectivity index (χ0) is 11.5. The molecule has 1 atom stereocenters. The first-order chi connectivity index (χ1) is 7.66. The van der Waals surface area contributed by atoms with Crippen LogP contribution in [-0.2, 0) is 6.42 Å². The molecule has 0 saturated heterocycles. The second-order valence-corrected chi connectivity index (χ2v) is 4.78. The van der Waals surface area contributed by atoms with Crippen LogP contribution in [0.3, 0.4) is 0 Å². The molecule has 0 saturated carbocycles. The van der Waals surface area contributed by atoms with Gasteiger partial charge in [0, 0.05) is 6.42 Å². The van der Waals surface area contributed by atoms with Crippen LogP contribution in [0.2, 0.25) is 0 Å². The third-order valence-corrected chi connectivity index (χ3v) is 3.47. The van der Waals surface area contributed by atoms with Gasteiger partial charge >= 0.3 is 0 Å². The van der Waals surface area contributed by atoms with Crippen LogP contribution < -0.4 is 0 Å². The fraction of sp³-hybridized carbons (Fsp3) is 0.333. The third-order valence-electron chi connectivity index (χ3n) is 2.71. The Morgan fingerprint density at radius 3 is 2.75 bits per heavy atom. The average molecular weight is 234 g/mol. The zero-order valence-corrected chi connectivity index (χ0v) is 10.2. The summed E-state index contributed by atoms with van der Waals surface area (Å²) in [5, 5.41) is 13.7. The Hall–Kier alpha value is -1.26. The highest BCUT2D eigenvalue weighted by Gasteiger charge is 2.11. The Balaban J connectivity index is 2.12. The van der Waals surface area contributed by atoms with Crippen LogP contribution in [0.5, 0.6) is 0 Å². The van der Waals surface area contributed by atoms with Crippen LogP contribution in [0.1, 0.15) is 27.7 Å². The van der Waals surface area contributed by atoms with Gasteiger partial charge in [-0.15, -0.1) is 5.10 Å². The molecule has 2 aromatic rings. The molecule has 0 amide bonds. The van der Waals surface area contributed by atoms with Crippen molar-refractivity contribution in [2.24, 2.45) is 0 Å². The quantitative estimate of drug-likeness (QED) is 0.887. The molecule has 0 aliphatic rings. The number of benzene rings is 1. The molecule has 16 heavy (non-hydrogen) atoms. The molecule has 0 radical (unpaired) electrons. The molecule has 3 nitrogen and oxygen atoms in total. The molecule has 4 heteroatoms. The van der Waals surface area contributed by atoms with Gasteiger partial charge in [0.1, 0.15) is 0 Å². The van der Waals surface area contributed by atoms with Gasteiger partial charge in [0.2, 0.25) is 0 Å². The predicted octanol–water partition coefficient (Wildman–Crippen LogP) is 2.43. The van der Waals surface area contributed by atoms with Crippen molar-refractivity contribution in [2.75, 3.05) is 0 Å². The molecule has 0 fully saturated rings. The molecule has 2 rings (SSSR count). The summed E-state index contributed by atoms with van der Waals surface area (Å²) < 4.78 is 3.75. The van der Waals surface area contributed by atoms with Crippen LogP contribution in [-0.4, -0.2) is 14.7 Å². The number of aliphatic hydroxyl groups excluding tert-OH is 1. The van der Waals surface area contributed by atoms with Gasteiger partial charge < -0.3 is 5.11 Å². The van der Waals surface area contributed by atoms with Gasteiger partial charge in [-0.1, -0.05) is 22.7 Å². The maximum Gasteiger partial charge on any atom is 0.0954 e. The van der Waals surface area contributed by atoms with Crippen molar-refractivity contribution in [3.8, 4) is 0 Å². The number of nitrogens with zero attached hydrogens (tertiary/aromatic N) is 2. The lowest BCUT2D eigenvalue weighted by Crippen LogP contribution is -2.00. The van der Waals surface area contributed by atoms with E-state index in [2.05, 4.69) is 41.6 Å². The third kappa shape index (κ3) is 2.46. The van der Waals surface area contributed by atoms with Crippen LogP contribution in [0.15, 0.2) is 24.4 Å². The highest BCUT2D eigenvalue weighted by atomic mass is 32.1. The minimum Gasteiger partial charge on any atom is -0.387 e. The molecular weight excluding hydrogens is 220 g/mol. The molecule has 0 aliphatic carbocycles. The summed E-state index contributed by atoms with van der Waals surface area (Å²) in [7, 11) is 0. The first-order valence-electron chi connectivity index (χ1n) is 5.18. The lowest BCUT2D eigenvalue weighted by atomic mass is 10.0. The Kier molecular flexibility index (Phi) is 3.31. The van der Waals surface area contributed by atoms with E-state index in [9.17, 15) is 5.11 Å². The number of aryl methyl sites for hydroxylation is 2. The van der Waals surface area contributed by atoms with Gasteiger partial charge in [-0.2, -0.15) is 0 Å². The standard InChI is InChI=1S/C12H14N2OS/c1-8-3-4-10(5-9(8)2)6-11(15)12-7-13-14-16-12/h3-5,7,11,15H,6H2,1-2H3. The highest BCUT2D eigenvalue weighted by molar-refractivity contribution is 7.05. The van der Waals surface area contributed by atoms with Crippen LogP contribution in [0, 0.1) is 13.8 Å². The van der Waals surface area contributed by atoms with E-state index in [0.717, 1.165) is 10.4 Å². The fourth-order valence-electron chi connectivity index (χ4n) is 1.58. The number of aromatic nitrogens is 2. The van der Waals surface area contributed by atoms with E-state index in [1.54, 1.807) is 6.20 Å². The predicted molar refractivity (Wildman–Crippen MR) is 64.5 cm³/mol. The van der Waals surface area contributed by atoms with E-state index < -0.39 is 6.10 Å². The summed E-state index contributed by atoms with van der Waals surface area (Å²) in [6, 6.07) is 6.26. The first kappa shape index (κ1) is 11.2.